The van der Waals surface area contributed by atoms with E-state index in [0.717, 1.165) is 37.1 Å². The number of hydrogen-bond acceptors (Lipinski definition) is 5. The van der Waals surface area contributed by atoms with Crippen molar-refractivity contribution in [3.05, 3.63) is 60.2 Å². The number of benzene rings is 2. The van der Waals surface area contributed by atoms with E-state index < -0.39 is 17.7 Å². The SMILES string of the molecule is CC(C)CCN(c1ccc(OCc2ccccc2)cc1)C1CCN(C(=O)[C@H](CC(C)C)NC(=O)OC(C)(C)C)CC1. The number of nitrogens with zero attached hydrogens (tertiary/aromatic N) is 2. The van der Waals surface area contributed by atoms with Gasteiger partial charge in [-0.25, -0.2) is 4.79 Å². The van der Waals surface area contributed by atoms with Gasteiger partial charge >= 0.3 is 6.09 Å². The highest BCUT2D eigenvalue weighted by Gasteiger charge is 2.32. The molecule has 1 saturated heterocycles. The Labute approximate surface area is 247 Å². The number of alkyl carbamates (subject to hydrolysis) is 1. The molecule has 1 atom stereocenters. The molecule has 2 aromatic carbocycles. The summed E-state index contributed by atoms with van der Waals surface area (Å²) in [6, 6.07) is 18.4. The van der Waals surface area contributed by atoms with Gasteiger partial charge in [0.1, 0.15) is 24.0 Å². The molecule has 0 bridgehead atoms. The molecule has 0 aliphatic carbocycles. The number of ether oxygens (including phenoxy) is 2. The summed E-state index contributed by atoms with van der Waals surface area (Å²) in [5.41, 5.74) is 1.72. The Morgan fingerprint density at radius 3 is 2.15 bits per heavy atom. The van der Waals surface area contributed by atoms with Crippen LogP contribution in [0, 0.1) is 11.8 Å². The van der Waals surface area contributed by atoms with Crippen LogP contribution < -0.4 is 15.0 Å². The zero-order valence-corrected chi connectivity index (χ0v) is 26.2. The van der Waals surface area contributed by atoms with Gasteiger partial charge in [0.25, 0.3) is 0 Å². The van der Waals surface area contributed by atoms with Crippen molar-refractivity contribution in [3.63, 3.8) is 0 Å². The van der Waals surface area contributed by atoms with E-state index >= 15 is 0 Å². The first-order valence-corrected chi connectivity index (χ1v) is 15.2. The second kappa shape index (κ2) is 15.1. The predicted octanol–water partition coefficient (Wildman–Crippen LogP) is 7.05. The minimum Gasteiger partial charge on any atom is -0.489 e. The van der Waals surface area contributed by atoms with Crippen molar-refractivity contribution in [2.75, 3.05) is 24.5 Å². The summed E-state index contributed by atoms with van der Waals surface area (Å²) in [7, 11) is 0. The van der Waals surface area contributed by atoms with Crippen LogP contribution >= 0.6 is 0 Å². The minimum atomic E-state index is -0.612. The van der Waals surface area contributed by atoms with Gasteiger partial charge in [-0.1, -0.05) is 58.0 Å². The highest BCUT2D eigenvalue weighted by atomic mass is 16.6. The minimum absolute atomic E-state index is 0.0170. The van der Waals surface area contributed by atoms with Gasteiger partial charge in [0.15, 0.2) is 0 Å². The summed E-state index contributed by atoms with van der Waals surface area (Å²) >= 11 is 0. The lowest BCUT2D eigenvalue weighted by molar-refractivity contribution is -0.135. The summed E-state index contributed by atoms with van der Waals surface area (Å²) in [4.78, 5) is 30.4. The van der Waals surface area contributed by atoms with Gasteiger partial charge in [-0.15, -0.1) is 0 Å². The maximum absolute atomic E-state index is 13.5. The van der Waals surface area contributed by atoms with E-state index in [1.54, 1.807) is 0 Å². The van der Waals surface area contributed by atoms with Crippen LogP contribution in [-0.4, -0.2) is 54.2 Å². The Morgan fingerprint density at radius 1 is 0.951 bits per heavy atom. The second-order valence-electron chi connectivity index (χ2n) is 13.0. The number of hydrogen-bond donors (Lipinski definition) is 1. The van der Waals surface area contributed by atoms with E-state index in [2.05, 4.69) is 74.3 Å². The molecule has 0 unspecified atom stereocenters. The van der Waals surface area contributed by atoms with E-state index in [1.165, 1.54) is 5.69 Å². The molecule has 226 valence electrons. The Hall–Kier alpha value is -3.22. The van der Waals surface area contributed by atoms with Crippen LogP contribution in [0.15, 0.2) is 54.6 Å². The molecule has 1 N–H and O–H groups in total. The maximum Gasteiger partial charge on any atom is 0.408 e. The Bertz CT molecular complexity index is 1070. The first kappa shape index (κ1) is 32.3. The normalized spacial score (nSPS) is 15.1. The molecular formula is C34H51N3O4. The largest absolute Gasteiger partial charge is 0.489 e. The lowest BCUT2D eigenvalue weighted by Crippen LogP contribution is -2.54. The van der Waals surface area contributed by atoms with Gasteiger partial charge in [0.05, 0.1) is 0 Å². The molecule has 0 aromatic heterocycles. The van der Waals surface area contributed by atoms with Crippen molar-refractivity contribution in [3.8, 4) is 5.75 Å². The first-order chi connectivity index (χ1) is 19.4. The van der Waals surface area contributed by atoms with Crippen LogP contribution in [0.1, 0.15) is 79.7 Å². The molecule has 3 rings (SSSR count). The molecule has 0 saturated carbocycles. The molecule has 41 heavy (non-hydrogen) atoms. The number of piperidine rings is 1. The Balaban J connectivity index is 1.63. The molecule has 1 fully saturated rings. The third kappa shape index (κ3) is 10.9. The standard InChI is InChI=1S/C34H51N3O4/c1-25(2)17-22-37(28-13-15-30(16-14-28)40-24-27-11-9-8-10-12-27)29-18-20-36(21-19-29)32(38)31(23-26(3)4)35-33(39)41-34(5,6)7/h8-16,25-26,29,31H,17-24H2,1-7H3,(H,35,39)/t31-/m0/s1. The molecule has 1 aliphatic heterocycles. The maximum atomic E-state index is 13.5. The Morgan fingerprint density at radius 2 is 1.59 bits per heavy atom. The van der Waals surface area contributed by atoms with Crippen molar-refractivity contribution in [2.45, 2.75) is 98.4 Å². The highest BCUT2D eigenvalue weighted by molar-refractivity contribution is 5.85. The van der Waals surface area contributed by atoms with Gasteiger partial charge in [-0.05, 0) is 88.1 Å². The van der Waals surface area contributed by atoms with E-state index in [4.69, 9.17) is 9.47 Å². The molecule has 2 amide bonds. The highest BCUT2D eigenvalue weighted by Crippen LogP contribution is 2.28. The van der Waals surface area contributed by atoms with Gasteiger partial charge in [0, 0.05) is 31.4 Å². The van der Waals surface area contributed by atoms with Crippen LogP contribution in [0.2, 0.25) is 0 Å². The second-order valence-corrected chi connectivity index (χ2v) is 13.0. The molecule has 0 spiro atoms. The van der Waals surface area contributed by atoms with Crippen molar-refractivity contribution >= 4 is 17.7 Å². The van der Waals surface area contributed by atoms with Crippen molar-refractivity contribution in [1.82, 2.24) is 10.2 Å². The zero-order valence-electron chi connectivity index (χ0n) is 26.2. The fourth-order valence-electron chi connectivity index (χ4n) is 5.16. The molecule has 2 aromatic rings. The average Bonchev–Trinajstić information content (AvgIpc) is 2.91. The van der Waals surface area contributed by atoms with Gasteiger partial charge in [-0.3, -0.25) is 4.79 Å². The van der Waals surface area contributed by atoms with Crippen molar-refractivity contribution in [2.24, 2.45) is 11.8 Å². The smallest absolute Gasteiger partial charge is 0.408 e. The van der Waals surface area contributed by atoms with Gasteiger partial charge in [0.2, 0.25) is 5.91 Å². The predicted molar refractivity (Wildman–Crippen MR) is 166 cm³/mol. The summed E-state index contributed by atoms with van der Waals surface area (Å²) in [6.45, 7) is 17.0. The number of nitrogens with one attached hydrogen (secondary N) is 1. The van der Waals surface area contributed by atoms with Crippen molar-refractivity contribution in [1.29, 1.82) is 0 Å². The third-order valence-electron chi connectivity index (χ3n) is 7.28. The van der Waals surface area contributed by atoms with Gasteiger partial charge < -0.3 is 24.6 Å². The van der Waals surface area contributed by atoms with E-state index in [-0.39, 0.29) is 11.8 Å². The van der Waals surface area contributed by atoms with Crippen LogP contribution in [0.25, 0.3) is 0 Å². The molecule has 7 nitrogen and oxygen atoms in total. The molecule has 0 radical (unpaired) electrons. The number of carbonyl (C=O) groups is 2. The van der Waals surface area contributed by atoms with Gasteiger partial charge in [-0.2, -0.15) is 0 Å². The topological polar surface area (TPSA) is 71.1 Å². The number of rotatable bonds is 12. The number of amides is 2. The molecule has 7 heteroatoms. The third-order valence-corrected chi connectivity index (χ3v) is 7.28. The monoisotopic (exact) mass is 565 g/mol. The quantitative estimate of drug-likeness (QED) is 0.299. The number of anilines is 1. The summed E-state index contributed by atoms with van der Waals surface area (Å²) < 4.78 is 11.5. The van der Waals surface area contributed by atoms with E-state index in [9.17, 15) is 9.59 Å². The fraction of sp³-hybridized carbons (Fsp3) is 0.588. The molecule has 1 aliphatic rings. The molecular weight excluding hydrogens is 514 g/mol. The van der Waals surface area contributed by atoms with Crippen LogP contribution in [-0.2, 0) is 16.1 Å². The fourth-order valence-corrected chi connectivity index (χ4v) is 5.16. The first-order valence-electron chi connectivity index (χ1n) is 15.2. The average molecular weight is 566 g/mol. The van der Waals surface area contributed by atoms with E-state index in [1.807, 2.05) is 43.9 Å². The van der Waals surface area contributed by atoms with Crippen LogP contribution in [0.5, 0.6) is 5.75 Å². The number of likely N-dealkylation sites (tertiary alicyclic amines) is 1. The van der Waals surface area contributed by atoms with Crippen molar-refractivity contribution < 1.29 is 19.1 Å². The lowest BCUT2D eigenvalue weighted by Gasteiger charge is -2.41. The van der Waals surface area contributed by atoms with Crippen LogP contribution in [0.4, 0.5) is 10.5 Å². The summed E-state index contributed by atoms with van der Waals surface area (Å²) in [6.07, 6.45) is 2.91. The molecule has 1 heterocycles. The lowest BCUT2D eigenvalue weighted by atomic mass is 9.98. The zero-order chi connectivity index (χ0) is 30.0. The summed E-state index contributed by atoms with van der Waals surface area (Å²) in [5, 5.41) is 2.85. The van der Waals surface area contributed by atoms with Crippen LogP contribution in [0.3, 0.4) is 0 Å². The van der Waals surface area contributed by atoms with E-state index in [0.29, 0.717) is 38.1 Å². The Kier molecular flexibility index (Phi) is 11.9. The summed E-state index contributed by atoms with van der Waals surface area (Å²) in [5.74, 6) is 1.71. The number of carbonyl (C=O) groups excluding carboxylic acids is 2.